The molecule has 15 heteroatoms. The molecular weight excluding hydrogens is 684 g/mol. The summed E-state index contributed by atoms with van der Waals surface area (Å²) in [6.07, 6.45) is 12.7. The fraction of sp³-hybridized carbons (Fsp3) is 0.500. The van der Waals surface area contributed by atoms with E-state index in [0.717, 1.165) is 38.8 Å². The van der Waals surface area contributed by atoms with E-state index in [1.807, 2.05) is 12.1 Å². The molecule has 0 unspecified atom stereocenters. The van der Waals surface area contributed by atoms with Crippen molar-refractivity contribution in [1.82, 2.24) is 5.32 Å². The molecular formula is C28H38F6N5O2PRu+. The van der Waals surface area contributed by atoms with Gasteiger partial charge in [0.05, 0.1) is 12.1 Å². The van der Waals surface area contributed by atoms with Gasteiger partial charge in [-0.25, -0.2) is 0 Å². The first-order chi connectivity index (χ1) is 19.6. The maximum atomic E-state index is 11.8. The van der Waals surface area contributed by atoms with Crippen molar-refractivity contribution in [1.29, 1.82) is 5.53 Å². The van der Waals surface area contributed by atoms with Crippen molar-refractivity contribution in [2.24, 2.45) is 9.98 Å². The maximum absolute atomic E-state index is 11.8. The smallest absolute Gasteiger partial charge is 0.872 e. The summed E-state index contributed by atoms with van der Waals surface area (Å²) in [4.78, 5) is 9.23. The molecule has 2 aromatic rings. The van der Waals surface area contributed by atoms with E-state index in [-0.39, 0.29) is 43.1 Å². The number of nitrogens with zero attached hydrogens (tertiary/aromatic N) is 3. The van der Waals surface area contributed by atoms with Crippen LogP contribution in [0.5, 0.6) is 11.5 Å². The van der Waals surface area contributed by atoms with Crippen LogP contribution in [0.3, 0.4) is 0 Å². The molecule has 2 aromatic carbocycles. The van der Waals surface area contributed by atoms with Gasteiger partial charge in [-0.15, -0.1) is 16.2 Å². The number of hydrogen-bond acceptors (Lipinski definition) is 6. The summed E-state index contributed by atoms with van der Waals surface area (Å²) in [6.45, 7) is 4.47. The Kier molecular flexibility index (Phi) is 15.4. The molecule has 2 N–H and O–H groups in total. The molecule has 3 fully saturated rings. The van der Waals surface area contributed by atoms with Crippen LogP contribution < -0.4 is 15.5 Å². The van der Waals surface area contributed by atoms with E-state index in [2.05, 4.69) is 15.3 Å². The predicted octanol–water partition coefficient (Wildman–Crippen LogP) is 7.26. The van der Waals surface area contributed by atoms with E-state index in [1.54, 1.807) is 53.5 Å². The van der Waals surface area contributed by atoms with Gasteiger partial charge in [0.1, 0.15) is 0 Å². The van der Waals surface area contributed by atoms with E-state index in [4.69, 9.17) is 5.53 Å². The average molecular weight is 723 g/mol. The van der Waals surface area contributed by atoms with Crippen LogP contribution in [-0.2, 0) is 19.5 Å². The quantitative estimate of drug-likeness (QED) is 0.114. The number of hydrogen-bond donors (Lipinski definition) is 2. The third-order valence-electron chi connectivity index (χ3n) is 6.41. The van der Waals surface area contributed by atoms with Crippen LogP contribution in [-0.4, -0.2) is 55.4 Å². The van der Waals surface area contributed by atoms with E-state index in [9.17, 15) is 35.4 Å². The van der Waals surface area contributed by atoms with Crippen molar-refractivity contribution < 1.29 is 59.6 Å². The number of halogens is 6. The Morgan fingerprint density at radius 1 is 0.698 bits per heavy atom. The first kappa shape index (κ1) is 38.6. The number of para-hydroxylation sites is 2. The van der Waals surface area contributed by atoms with Crippen LogP contribution in [0.15, 0.2) is 58.5 Å². The van der Waals surface area contributed by atoms with E-state index in [0.29, 0.717) is 11.1 Å². The Morgan fingerprint density at radius 3 is 1.35 bits per heavy atom. The van der Waals surface area contributed by atoms with Crippen LogP contribution in [0.4, 0.5) is 25.2 Å². The Bertz CT molecular complexity index is 1110. The maximum Gasteiger partial charge on any atom is 3.00 e. The zero-order chi connectivity index (χ0) is 31.1. The van der Waals surface area contributed by atoms with Crippen LogP contribution in [0.2, 0.25) is 0 Å². The Hall–Kier alpha value is -2.43. The Labute approximate surface area is 261 Å². The summed E-state index contributed by atoms with van der Waals surface area (Å²) in [5.41, 5.74) is 8.18. The monoisotopic (exact) mass is 723 g/mol. The van der Waals surface area contributed by atoms with Gasteiger partial charge in [-0.3, -0.25) is 9.98 Å². The van der Waals surface area contributed by atoms with Crippen LogP contribution in [0.1, 0.15) is 62.5 Å². The van der Waals surface area contributed by atoms with Gasteiger partial charge in [-0.2, -0.15) is 0 Å². The molecule has 7 nitrogen and oxygen atoms in total. The van der Waals surface area contributed by atoms with Gasteiger partial charge in [0, 0.05) is 25.3 Å². The minimum Gasteiger partial charge on any atom is -0.872 e. The molecule has 2 heterocycles. The number of benzene rings is 2. The second-order valence-corrected chi connectivity index (χ2v) is 12.1. The summed E-state index contributed by atoms with van der Waals surface area (Å²) in [5.74, 6) is -0.0326. The second kappa shape index (κ2) is 17.2. The number of rotatable bonds is 4. The fourth-order valence-corrected chi connectivity index (χ4v) is 4.31. The molecule has 241 valence electrons. The molecule has 2 aliphatic heterocycles. The predicted molar refractivity (Wildman–Crippen MR) is 151 cm³/mol. The minimum absolute atomic E-state index is 0. The third kappa shape index (κ3) is 20.2. The van der Waals surface area contributed by atoms with Gasteiger partial charge < -0.3 is 15.5 Å². The van der Waals surface area contributed by atoms with Crippen LogP contribution >= 0.6 is 7.81 Å². The second-order valence-electron chi connectivity index (χ2n) is 10.2. The van der Waals surface area contributed by atoms with Crippen LogP contribution in [0, 0.1) is 5.53 Å². The average Bonchev–Trinajstić information content (AvgIpc) is 3.64. The van der Waals surface area contributed by atoms with Crippen molar-refractivity contribution in [3.8, 4) is 11.5 Å². The van der Waals surface area contributed by atoms with E-state index < -0.39 is 7.81 Å². The van der Waals surface area contributed by atoms with Crippen molar-refractivity contribution in [3.63, 3.8) is 0 Å². The van der Waals surface area contributed by atoms with E-state index in [1.165, 1.54) is 38.8 Å². The standard InChI is InChI=1S/C20H22N2O2.C4H9N2.C4H9N.F6P.Ru/c23-19-11-5-1-7-15(19)13-21-17-9-3-4-10-18(17)22-14-16-8-2-6-12-20(16)24;5-6-3-1-2-4-6;1-2-4-5-3-1;1-7(2,3,4,5)6;/h1-2,5-8,11-14,17-18,23-24H,3-4,9-10H2;5H,1-4H2;5H,1-4H2;;/q;+1;;-1;+3/p-2/t17-,18-;;;;/m0..../s1. The van der Waals surface area contributed by atoms with Crippen molar-refractivity contribution in [2.75, 3.05) is 26.2 Å². The molecule has 1 radical (unpaired) electrons. The summed E-state index contributed by atoms with van der Waals surface area (Å²) in [5, 5.41) is 26.8. The number of nitrogens with one attached hydrogen (secondary N) is 2. The van der Waals surface area contributed by atoms with Gasteiger partial charge in [0.25, 0.3) is 0 Å². The van der Waals surface area contributed by atoms with Gasteiger partial charge >= 0.3 is 52.5 Å². The molecule has 0 amide bonds. The molecule has 43 heavy (non-hydrogen) atoms. The summed E-state index contributed by atoms with van der Waals surface area (Å²) in [6, 6.07) is 13.9. The summed E-state index contributed by atoms with van der Waals surface area (Å²) in [7, 11) is -10.7. The number of aliphatic imine (C=N–C) groups is 2. The molecule has 2 atom stereocenters. The molecule has 5 rings (SSSR count). The molecule has 1 saturated carbocycles. The van der Waals surface area contributed by atoms with Crippen LogP contribution in [0.25, 0.3) is 0 Å². The van der Waals surface area contributed by atoms with Gasteiger partial charge in [-0.05, 0) is 49.9 Å². The van der Waals surface area contributed by atoms with Gasteiger partial charge in [0.2, 0.25) is 0 Å². The Balaban J connectivity index is 0.000000393. The normalized spacial score (nSPS) is 21.7. The largest absolute Gasteiger partial charge is 3.00 e. The zero-order valence-corrected chi connectivity index (χ0v) is 26.3. The SMILES string of the molecule is C1CCNC1.F[P-](F)(F)(F)(F)F.N=[N+]1CCCC1.[O-]c1ccccc1C=N[C@H]1CCCC[C@@H]1N=Cc1ccccc1[O-].[Ru+3]. The molecule has 0 bridgehead atoms. The first-order valence-corrected chi connectivity index (χ1v) is 15.9. The topological polar surface area (TPSA) is 110 Å². The van der Waals surface area contributed by atoms with Gasteiger partial charge in [-0.1, -0.05) is 66.9 Å². The first-order valence-electron chi connectivity index (χ1n) is 13.9. The van der Waals surface area contributed by atoms with Crippen molar-refractivity contribution >= 4 is 20.2 Å². The summed E-state index contributed by atoms with van der Waals surface area (Å²) >= 11 is 0. The van der Waals surface area contributed by atoms with Gasteiger partial charge in [0.15, 0.2) is 13.1 Å². The molecule has 2 saturated heterocycles. The third-order valence-corrected chi connectivity index (χ3v) is 6.41. The molecule has 1 aliphatic carbocycles. The molecule has 3 aliphatic rings. The Morgan fingerprint density at radius 2 is 1.07 bits per heavy atom. The fourth-order valence-electron chi connectivity index (χ4n) is 4.31. The molecule has 0 aromatic heterocycles. The molecule has 0 spiro atoms. The van der Waals surface area contributed by atoms with Crippen molar-refractivity contribution in [3.05, 3.63) is 59.7 Å². The zero-order valence-electron chi connectivity index (χ0n) is 23.6. The van der Waals surface area contributed by atoms with E-state index >= 15 is 0 Å². The van der Waals surface area contributed by atoms with Crippen molar-refractivity contribution in [2.45, 2.75) is 63.5 Å². The minimum atomic E-state index is -10.7. The summed E-state index contributed by atoms with van der Waals surface area (Å²) < 4.78 is 60.8.